The van der Waals surface area contributed by atoms with E-state index in [1.54, 1.807) is 54.6 Å². The summed E-state index contributed by atoms with van der Waals surface area (Å²) in [5, 5.41) is 2.22. The third-order valence-corrected chi connectivity index (χ3v) is 6.66. The van der Waals surface area contributed by atoms with Gasteiger partial charge >= 0.3 is 6.03 Å². The summed E-state index contributed by atoms with van der Waals surface area (Å²) in [5.74, 6) is -0.622. The van der Waals surface area contributed by atoms with E-state index in [0.29, 0.717) is 44.2 Å². The summed E-state index contributed by atoms with van der Waals surface area (Å²) < 4.78 is 31.6. The molecule has 39 heavy (non-hydrogen) atoms. The van der Waals surface area contributed by atoms with Gasteiger partial charge in [0.2, 0.25) is 0 Å². The highest BCUT2D eigenvalue weighted by Gasteiger charge is 2.37. The van der Waals surface area contributed by atoms with Crippen LogP contribution >= 0.6 is 22.6 Å². The van der Waals surface area contributed by atoms with Crippen LogP contribution in [0.4, 0.5) is 14.9 Å². The van der Waals surface area contributed by atoms with Gasteiger partial charge in [0.1, 0.15) is 23.7 Å². The molecule has 1 aliphatic heterocycles. The lowest BCUT2D eigenvalue weighted by molar-refractivity contribution is -0.122. The minimum Gasteiger partial charge on any atom is -0.494 e. The van der Waals surface area contributed by atoms with Gasteiger partial charge in [-0.15, -0.1) is 0 Å². The van der Waals surface area contributed by atoms with E-state index in [0.717, 1.165) is 17.7 Å². The topological polar surface area (TPSA) is 94.2 Å². The Morgan fingerprint density at radius 3 is 2.46 bits per heavy atom. The van der Waals surface area contributed by atoms with Gasteiger partial charge < -0.3 is 14.2 Å². The number of carbonyl (C=O) groups is 3. The minimum atomic E-state index is -0.842. The third kappa shape index (κ3) is 6.56. The number of carbonyl (C=O) groups excluding carboxylic acids is 3. The van der Waals surface area contributed by atoms with Gasteiger partial charge in [-0.3, -0.25) is 14.9 Å². The van der Waals surface area contributed by atoms with Crippen LogP contribution in [0.15, 0.2) is 66.2 Å². The lowest BCUT2D eigenvalue weighted by Gasteiger charge is -2.26. The number of hydrogen-bond acceptors (Lipinski definition) is 6. The van der Waals surface area contributed by atoms with Crippen LogP contribution in [0.3, 0.4) is 0 Å². The zero-order valence-electron chi connectivity index (χ0n) is 21.3. The molecule has 10 heteroatoms. The van der Waals surface area contributed by atoms with Crippen molar-refractivity contribution in [2.75, 3.05) is 18.6 Å². The quantitative estimate of drug-likeness (QED) is 0.129. The number of unbranched alkanes of at least 4 members (excludes halogenated alkanes) is 1. The fourth-order valence-corrected chi connectivity index (χ4v) is 4.59. The maximum atomic E-state index is 14.0. The SMILES string of the molecule is CCCCOc1ccc(N2C(=O)NC(=O)/C(=C/c3cc(I)c(OCc4ccccc4F)c(OC)c3)C2=O)cc1. The van der Waals surface area contributed by atoms with E-state index >= 15 is 0 Å². The van der Waals surface area contributed by atoms with Gasteiger partial charge in [0.15, 0.2) is 11.5 Å². The second-order valence-corrected chi connectivity index (χ2v) is 9.73. The van der Waals surface area contributed by atoms with Crippen molar-refractivity contribution < 1.29 is 33.0 Å². The number of anilines is 1. The first kappa shape index (κ1) is 28.1. The summed E-state index contributed by atoms with van der Waals surface area (Å²) in [6.45, 7) is 2.61. The fourth-order valence-electron chi connectivity index (χ4n) is 3.81. The molecule has 0 radical (unpaired) electrons. The van der Waals surface area contributed by atoms with Crippen molar-refractivity contribution in [3.05, 3.63) is 86.8 Å². The maximum absolute atomic E-state index is 14.0. The molecule has 1 aliphatic rings. The molecule has 3 aromatic carbocycles. The number of nitrogens with zero attached hydrogens (tertiary/aromatic N) is 1. The standard InChI is InChI=1S/C29H26FIN2O6/c1-3-4-13-38-21-11-9-20(10-12-21)33-28(35)22(27(34)32-29(33)36)14-18-15-24(31)26(25(16-18)37-2)39-17-19-7-5-6-8-23(19)30/h5-12,14-16H,3-4,13,17H2,1-2H3,(H,32,34,36)/b22-14-. The number of barbiturate groups is 1. The average Bonchev–Trinajstić information content (AvgIpc) is 2.92. The molecule has 0 aliphatic carbocycles. The fraction of sp³-hybridized carbons (Fsp3) is 0.207. The van der Waals surface area contributed by atoms with Crippen LogP contribution in [0, 0.1) is 9.39 Å². The number of nitrogens with one attached hydrogen (secondary N) is 1. The van der Waals surface area contributed by atoms with Gasteiger partial charge in [-0.25, -0.2) is 14.1 Å². The van der Waals surface area contributed by atoms with E-state index in [9.17, 15) is 18.8 Å². The number of amides is 4. The Balaban J connectivity index is 1.58. The van der Waals surface area contributed by atoms with Gasteiger partial charge in [-0.1, -0.05) is 31.5 Å². The molecule has 0 bridgehead atoms. The normalized spacial score (nSPS) is 14.4. The third-order valence-electron chi connectivity index (χ3n) is 5.86. The van der Waals surface area contributed by atoms with E-state index in [-0.39, 0.29) is 18.0 Å². The zero-order valence-corrected chi connectivity index (χ0v) is 23.5. The molecule has 0 atom stereocenters. The van der Waals surface area contributed by atoms with Crippen molar-refractivity contribution >= 4 is 52.2 Å². The van der Waals surface area contributed by atoms with Crippen molar-refractivity contribution in [3.8, 4) is 17.2 Å². The Morgan fingerprint density at radius 1 is 1.03 bits per heavy atom. The second-order valence-electron chi connectivity index (χ2n) is 8.57. The van der Waals surface area contributed by atoms with Crippen LogP contribution in [0.2, 0.25) is 0 Å². The molecule has 4 amide bonds. The van der Waals surface area contributed by atoms with Crippen LogP contribution in [-0.2, 0) is 16.2 Å². The predicted octanol–water partition coefficient (Wildman–Crippen LogP) is 5.86. The summed E-state index contributed by atoms with van der Waals surface area (Å²) in [7, 11) is 1.45. The molecule has 1 heterocycles. The Hall–Kier alpha value is -3.93. The Bertz CT molecular complexity index is 1420. The van der Waals surface area contributed by atoms with Crippen LogP contribution in [-0.4, -0.2) is 31.6 Å². The van der Waals surface area contributed by atoms with Gasteiger partial charge in [0, 0.05) is 5.56 Å². The van der Waals surface area contributed by atoms with Crippen LogP contribution in [0.1, 0.15) is 30.9 Å². The number of rotatable bonds is 10. The molecule has 1 N–H and O–H groups in total. The molecule has 0 aromatic heterocycles. The molecule has 0 unspecified atom stereocenters. The molecule has 8 nitrogen and oxygen atoms in total. The number of benzene rings is 3. The lowest BCUT2D eigenvalue weighted by Crippen LogP contribution is -2.54. The number of hydrogen-bond donors (Lipinski definition) is 1. The molecule has 4 rings (SSSR count). The largest absolute Gasteiger partial charge is 0.494 e. The van der Waals surface area contributed by atoms with E-state index in [1.165, 1.54) is 19.3 Å². The van der Waals surface area contributed by atoms with Crippen molar-refractivity contribution in [1.82, 2.24) is 5.32 Å². The highest BCUT2D eigenvalue weighted by Crippen LogP contribution is 2.36. The first-order chi connectivity index (χ1) is 18.8. The second kappa shape index (κ2) is 12.7. The monoisotopic (exact) mass is 644 g/mol. The zero-order chi connectivity index (χ0) is 27.9. The number of halogens is 2. The average molecular weight is 644 g/mol. The van der Waals surface area contributed by atoms with Gasteiger partial charge in [-0.05, 0) is 83.1 Å². The highest BCUT2D eigenvalue weighted by molar-refractivity contribution is 14.1. The van der Waals surface area contributed by atoms with Crippen LogP contribution in [0.5, 0.6) is 17.2 Å². The summed E-state index contributed by atoms with van der Waals surface area (Å²) in [6.07, 6.45) is 3.29. The Morgan fingerprint density at radius 2 is 1.77 bits per heavy atom. The molecule has 3 aromatic rings. The van der Waals surface area contributed by atoms with E-state index in [1.807, 2.05) is 22.6 Å². The summed E-state index contributed by atoms with van der Waals surface area (Å²) in [6, 6.07) is 15.2. The molecule has 0 saturated carbocycles. The number of urea groups is 1. The maximum Gasteiger partial charge on any atom is 0.335 e. The number of ether oxygens (including phenoxy) is 3. The predicted molar refractivity (Wildman–Crippen MR) is 152 cm³/mol. The summed E-state index contributed by atoms with van der Waals surface area (Å²) >= 11 is 2.03. The summed E-state index contributed by atoms with van der Waals surface area (Å²) in [4.78, 5) is 39.4. The van der Waals surface area contributed by atoms with E-state index in [4.69, 9.17) is 14.2 Å². The number of imide groups is 2. The van der Waals surface area contributed by atoms with Gasteiger partial charge in [0.05, 0.1) is 23.0 Å². The smallest absolute Gasteiger partial charge is 0.335 e. The van der Waals surface area contributed by atoms with Gasteiger partial charge in [-0.2, -0.15) is 0 Å². The highest BCUT2D eigenvalue weighted by atomic mass is 127. The lowest BCUT2D eigenvalue weighted by atomic mass is 10.1. The Kier molecular flexibility index (Phi) is 9.18. The molecule has 202 valence electrons. The molecular weight excluding hydrogens is 618 g/mol. The molecule has 1 saturated heterocycles. The van der Waals surface area contributed by atoms with Gasteiger partial charge in [0.25, 0.3) is 11.8 Å². The van der Waals surface area contributed by atoms with E-state index < -0.39 is 17.8 Å². The van der Waals surface area contributed by atoms with Crippen LogP contribution in [0.25, 0.3) is 6.08 Å². The first-order valence-corrected chi connectivity index (χ1v) is 13.3. The van der Waals surface area contributed by atoms with Crippen molar-refractivity contribution in [3.63, 3.8) is 0 Å². The first-order valence-electron chi connectivity index (χ1n) is 12.2. The molecule has 1 fully saturated rings. The van der Waals surface area contributed by atoms with Crippen molar-refractivity contribution in [1.29, 1.82) is 0 Å². The number of methoxy groups -OCH3 is 1. The van der Waals surface area contributed by atoms with Crippen molar-refractivity contribution in [2.24, 2.45) is 0 Å². The van der Waals surface area contributed by atoms with Crippen LogP contribution < -0.4 is 24.4 Å². The Labute approximate surface area is 238 Å². The van der Waals surface area contributed by atoms with Crippen molar-refractivity contribution in [2.45, 2.75) is 26.4 Å². The minimum absolute atomic E-state index is 0.0140. The molecular formula is C29H26FIN2O6. The molecule has 0 spiro atoms. The van der Waals surface area contributed by atoms with E-state index in [2.05, 4.69) is 12.2 Å². The summed E-state index contributed by atoms with van der Waals surface area (Å²) in [5.41, 5.74) is 0.928.